The molecule has 4 nitrogen and oxygen atoms in total. The molecule has 0 unspecified atom stereocenters. The molecule has 98 valence electrons. The van der Waals surface area contributed by atoms with Crippen molar-refractivity contribution in [3.63, 3.8) is 0 Å². The zero-order valence-electron chi connectivity index (χ0n) is 11.1. The second-order valence-corrected chi connectivity index (χ2v) is 4.94. The SMILES string of the molecule is COc1cc(C)c(C(=O)C2(CN)COC2)cc1C. The number of aryl methyl sites for hydroxylation is 2. The zero-order chi connectivity index (χ0) is 13.3. The van der Waals surface area contributed by atoms with Crippen LogP contribution in [-0.2, 0) is 4.74 Å². The summed E-state index contributed by atoms with van der Waals surface area (Å²) in [4.78, 5) is 12.6. The Morgan fingerprint density at radius 3 is 2.50 bits per heavy atom. The standard InChI is InChI=1S/C14H19NO3/c1-9-5-12(17-3)10(2)4-11(9)13(16)14(6-15)7-18-8-14/h4-5H,6-8,15H2,1-3H3. The maximum Gasteiger partial charge on any atom is 0.175 e. The average molecular weight is 249 g/mol. The number of Topliss-reactive ketones (excluding diaryl/α,β-unsaturated/α-hetero) is 1. The molecule has 2 N–H and O–H groups in total. The minimum atomic E-state index is -0.522. The van der Waals surface area contributed by atoms with Gasteiger partial charge in [-0.05, 0) is 37.1 Å². The van der Waals surface area contributed by atoms with E-state index in [2.05, 4.69) is 0 Å². The molecule has 0 amide bonds. The highest BCUT2D eigenvalue weighted by atomic mass is 16.5. The number of ether oxygens (including phenoxy) is 2. The van der Waals surface area contributed by atoms with Crippen molar-refractivity contribution in [2.75, 3.05) is 26.9 Å². The first-order valence-electron chi connectivity index (χ1n) is 6.02. The van der Waals surface area contributed by atoms with Crippen LogP contribution in [0.3, 0.4) is 0 Å². The number of hydrogen-bond donors (Lipinski definition) is 1. The molecule has 2 rings (SSSR count). The molecule has 0 atom stereocenters. The van der Waals surface area contributed by atoms with E-state index >= 15 is 0 Å². The first kappa shape index (κ1) is 13.1. The molecule has 1 aliphatic rings. The Morgan fingerprint density at radius 1 is 1.39 bits per heavy atom. The summed E-state index contributed by atoms with van der Waals surface area (Å²) in [5, 5.41) is 0. The second-order valence-electron chi connectivity index (χ2n) is 4.94. The summed E-state index contributed by atoms with van der Waals surface area (Å²) in [6.07, 6.45) is 0. The van der Waals surface area contributed by atoms with Crippen LogP contribution in [0.5, 0.6) is 5.75 Å². The minimum absolute atomic E-state index is 0.0829. The van der Waals surface area contributed by atoms with E-state index in [1.54, 1.807) is 7.11 Å². The second kappa shape index (κ2) is 4.71. The van der Waals surface area contributed by atoms with Crippen molar-refractivity contribution in [1.82, 2.24) is 0 Å². The Hall–Kier alpha value is -1.39. The molecule has 1 aromatic rings. The molecule has 0 bridgehead atoms. The number of hydrogen-bond acceptors (Lipinski definition) is 4. The molecule has 0 aliphatic carbocycles. The lowest BCUT2D eigenvalue weighted by Gasteiger charge is -2.39. The molecule has 1 heterocycles. The molecule has 4 heteroatoms. The predicted molar refractivity (Wildman–Crippen MR) is 69.1 cm³/mol. The minimum Gasteiger partial charge on any atom is -0.496 e. The molecule has 1 fully saturated rings. The lowest BCUT2D eigenvalue weighted by Crippen LogP contribution is -2.54. The molecule has 1 aromatic carbocycles. The Kier molecular flexibility index (Phi) is 3.41. The van der Waals surface area contributed by atoms with Crippen LogP contribution >= 0.6 is 0 Å². The molecular formula is C14H19NO3. The van der Waals surface area contributed by atoms with Crippen molar-refractivity contribution in [2.45, 2.75) is 13.8 Å². The van der Waals surface area contributed by atoms with Crippen LogP contribution in [0.25, 0.3) is 0 Å². The number of ketones is 1. The van der Waals surface area contributed by atoms with E-state index in [9.17, 15) is 4.79 Å². The van der Waals surface area contributed by atoms with Gasteiger partial charge in [0.25, 0.3) is 0 Å². The topological polar surface area (TPSA) is 61.5 Å². The van der Waals surface area contributed by atoms with Crippen LogP contribution < -0.4 is 10.5 Å². The molecule has 18 heavy (non-hydrogen) atoms. The summed E-state index contributed by atoms with van der Waals surface area (Å²) in [5.41, 5.74) is 7.80. The average Bonchev–Trinajstić information content (AvgIpc) is 2.30. The van der Waals surface area contributed by atoms with Gasteiger partial charge in [0.2, 0.25) is 0 Å². The van der Waals surface area contributed by atoms with Crippen LogP contribution in [0, 0.1) is 19.3 Å². The number of carbonyl (C=O) groups excluding carboxylic acids is 1. The fourth-order valence-corrected chi connectivity index (χ4v) is 2.23. The number of benzene rings is 1. The van der Waals surface area contributed by atoms with E-state index < -0.39 is 5.41 Å². The molecule has 0 aromatic heterocycles. The first-order valence-corrected chi connectivity index (χ1v) is 6.02. The Balaban J connectivity index is 2.39. The molecule has 0 saturated carbocycles. The van der Waals surface area contributed by atoms with Gasteiger partial charge in [-0.2, -0.15) is 0 Å². The van der Waals surface area contributed by atoms with Crippen LogP contribution in [0.15, 0.2) is 12.1 Å². The van der Waals surface area contributed by atoms with Gasteiger partial charge in [0, 0.05) is 12.1 Å². The Morgan fingerprint density at radius 2 is 2.06 bits per heavy atom. The molecule has 0 radical (unpaired) electrons. The fourth-order valence-electron chi connectivity index (χ4n) is 2.23. The van der Waals surface area contributed by atoms with Crippen LogP contribution in [0.1, 0.15) is 21.5 Å². The third kappa shape index (κ3) is 1.91. The van der Waals surface area contributed by atoms with Gasteiger partial charge in [-0.25, -0.2) is 0 Å². The van der Waals surface area contributed by atoms with Gasteiger partial charge in [-0.15, -0.1) is 0 Å². The van der Waals surface area contributed by atoms with Crippen LogP contribution in [0.2, 0.25) is 0 Å². The normalized spacial score (nSPS) is 17.1. The molecule has 1 aliphatic heterocycles. The number of carbonyl (C=O) groups is 1. The van der Waals surface area contributed by atoms with Crippen molar-refractivity contribution in [2.24, 2.45) is 11.1 Å². The van der Waals surface area contributed by atoms with Crippen molar-refractivity contribution in [3.05, 3.63) is 28.8 Å². The monoisotopic (exact) mass is 249 g/mol. The molecular weight excluding hydrogens is 230 g/mol. The van der Waals surface area contributed by atoms with E-state index in [1.165, 1.54) is 0 Å². The quantitative estimate of drug-likeness (QED) is 0.821. The maximum absolute atomic E-state index is 12.6. The van der Waals surface area contributed by atoms with Gasteiger partial charge in [-0.1, -0.05) is 0 Å². The Labute approximate surface area is 107 Å². The summed E-state index contributed by atoms with van der Waals surface area (Å²) >= 11 is 0. The number of nitrogens with two attached hydrogens (primary N) is 1. The summed E-state index contributed by atoms with van der Waals surface area (Å²) in [6.45, 7) is 5.02. The van der Waals surface area contributed by atoms with Crippen molar-refractivity contribution in [1.29, 1.82) is 0 Å². The third-order valence-corrected chi connectivity index (χ3v) is 3.62. The fraction of sp³-hybridized carbons (Fsp3) is 0.500. The highest BCUT2D eigenvalue weighted by molar-refractivity contribution is 6.03. The van der Waals surface area contributed by atoms with E-state index in [-0.39, 0.29) is 5.78 Å². The van der Waals surface area contributed by atoms with Crippen molar-refractivity contribution < 1.29 is 14.3 Å². The molecule has 1 saturated heterocycles. The van der Waals surface area contributed by atoms with Crippen molar-refractivity contribution >= 4 is 5.78 Å². The van der Waals surface area contributed by atoms with Gasteiger partial charge in [0.15, 0.2) is 5.78 Å². The van der Waals surface area contributed by atoms with Gasteiger partial charge in [-0.3, -0.25) is 4.79 Å². The smallest absolute Gasteiger partial charge is 0.175 e. The highest BCUT2D eigenvalue weighted by Gasteiger charge is 2.45. The van der Waals surface area contributed by atoms with E-state index in [0.717, 1.165) is 22.4 Å². The largest absolute Gasteiger partial charge is 0.496 e. The summed E-state index contributed by atoms with van der Waals surface area (Å²) < 4.78 is 10.4. The molecule has 0 spiro atoms. The van der Waals surface area contributed by atoms with E-state index in [0.29, 0.717) is 19.8 Å². The van der Waals surface area contributed by atoms with E-state index in [4.69, 9.17) is 15.2 Å². The summed E-state index contributed by atoms with van der Waals surface area (Å²) in [7, 11) is 1.63. The lowest BCUT2D eigenvalue weighted by atomic mass is 9.77. The number of methoxy groups -OCH3 is 1. The van der Waals surface area contributed by atoms with Gasteiger partial charge in [0.1, 0.15) is 5.75 Å². The first-order chi connectivity index (χ1) is 8.54. The van der Waals surface area contributed by atoms with E-state index in [1.807, 2.05) is 26.0 Å². The maximum atomic E-state index is 12.6. The number of rotatable bonds is 4. The Bertz CT molecular complexity index is 473. The predicted octanol–water partition coefficient (Wildman–Crippen LogP) is 1.47. The third-order valence-electron chi connectivity index (χ3n) is 3.62. The summed E-state index contributed by atoms with van der Waals surface area (Å²) in [5.74, 6) is 0.884. The highest BCUT2D eigenvalue weighted by Crippen LogP contribution is 2.33. The lowest BCUT2D eigenvalue weighted by molar-refractivity contribution is -0.0816. The van der Waals surface area contributed by atoms with Gasteiger partial charge in [0.05, 0.1) is 25.7 Å². The summed E-state index contributed by atoms with van der Waals surface area (Å²) in [6, 6.07) is 3.78. The van der Waals surface area contributed by atoms with Gasteiger partial charge < -0.3 is 15.2 Å². The van der Waals surface area contributed by atoms with Crippen LogP contribution in [-0.4, -0.2) is 32.7 Å². The van der Waals surface area contributed by atoms with Crippen LogP contribution in [0.4, 0.5) is 0 Å². The zero-order valence-corrected chi connectivity index (χ0v) is 11.1. The van der Waals surface area contributed by atoms with Crippen molar-refractivity contribution in [3.8, 4) is 5.75 Å². The van der Waals surface area contributed by atoms with Gasteiger partial charge >= 0.3 is 0 Å².